The number of anilines is 1. The van der Waals surface area contributed by atoms with Crippen LogP contribution in [0.4, 0.5) is 19.3 Å². The molecule has 1 saturated heterocycles. The number of hydrogen-bond donors (Lipinski definition) is 3. The van der Waals surface area contributed by atoms with Crippen LogP contribution in [0, 0.1) is 11.6 Å². The summed E-state index contributed by atoms with van der Waals surface area (Å²) in [5.74, 6) is -0.481. The molecule has 0 spiro atoms. The van der Waals surface area contributed by atoms with Gasteiger partial charge in [0.05, 0.1) is 5.69 Å². The van der Waals surface area contributed by atoms with Crippen LogP contribution < -0.4 is 20.9 Å². The lowest BCUT2D eigenvalue weighted by molar-refractivity contribution is 0.0527. The molecule has 1 atom stereocenters. The summed E-state index contributed by atoms with van der Waals surface area (Å²) in [6.07, 6.45) is 1.09. The van der Waals surface area contributed by atoms with Gasteiger partial charge in [-0.3, -0.25) is 4.99 Å². The fraction of sp³-hybridized carbons (Fsp3) is 0.600. The van der Waals surface area contributed by atoms with E-state index in [1.165, 1.54) is 12.1 Å². The molecule has 0 saturated carbocycles. The van der Waals surface area contributed by atoms with Crippen LogP contribution in [0.1, 0.15) is 33.6 Å². The van der Waals surface area contributed by atoms with Crippen molar-refractivity contribution >= 4 is 17.7 Å². The number of nitrogens with zero attached hydrogens (tertiary/aromatic N) is 2. The molecule has 0 radical (unpaired) electrons. The van der Waals surface area contributed by atoms with E-state index in [1.54, 1.807) is 7.05 Å². The topological polar surface area (TPSA) is 78.0 Å². The minimum Gasteiger partial charge on any atom is -0.444 e. The van der Waals surface area contributed by atoms with Gasteiger partial charge in [0.25, 0.3) is 0 Å². The van der Waals surface area contributed by atoms with Gasteiger partial charge in [0.1, 0.15) is 17.2 Å². The molecule has 9 heteroatoms. The van der Waals surface area contributed by atoms with E-state index >= 15 is 0 Å². The number of ether oxygens (including phenoxy) is 1. The number of carbonyl (C=O) groups is 1. The van der Waals surface area contributed by atoms with Gasteiger partial charge in [-0.15, -0.1) is 0 Å². The summed E-state index contributed by atoms with van der Waals surface area (Å²) in [7, 11) is 1.68. The van der Waals surface area contributed by atoms with E-state index in [1.807, 2.05) is 25.7 Å². The molecule has 1 heterocycles. The van der Waals surface area contributed by atoms with Crippen molar-refractivity contribution < 1.29 is 18.3 Å². The molecule has 0 aliphatic carbocycles. The summed E-state index contributed by atoms with van der Waals surface area (Å²) in [5.41, 5.74) is -0.104. The minimum absolute atomic E-state index is 0.102. The highest BCUT2D eigenvalue weighted by Gasteiger charge is 2.25. The monoisotopic (exact) mass is 411 g/mol. The quantitative estimate of drug-likeness (QED) is 0.381. The molecule has 1 fully saturated rings. The molecular weight excluding hydrogens is 380 g/mol. The molecule has 0 bridgehead atoms. The molecule has 2 rings (SSSR count). The number of nitrogens with one attached hydrogen (secondary N) is 3. The predicted molar refractivity (Wildman–Crippen MR) is 110 cm³/mol. The number of rotatable bonds is 6. The van der Waals surface area contributed by atoms with E-state index in [9.17, 15) is 13.6 Å². The first-order valence-electron chi connectivity index (χ1n) is 9.82. The van der Waals surface area contributed by atoms with Gasteiger partial charge < -0.3 is 25.6 Å². The van der Waals surface area contributed by atoms with Gasteiger partial charge in [-0.25, -0.2) is 13.6 Å². The number of alkyl carbamates (subject to hydrolysis) is 1. The van der Waals surface area contributed by atoms with E-state index in [0.717, 1.165) is 12.5 Å². The Morgan fingerprint density at radius 1 is 1.28 bits per heavy atom. The zero-order valence-corrected chi connectivity index (χ0v) is 17.5. The first-order chi connectivity index (χ1) is 13.7. The van der Waals surface area contributed by atoms with Crippen LogP contribution >= 0.6 is 0 Å². The van der Waals surface area contributed by atoms with Crippen molar-refractivity contribution in [2.45, 2.75) is 45.3 Å². The van der Waals surface area contributed by atoms with Crippen molar-refractivity contribution in [2.24, 2.45) is 4.99 Å². The molecule has 0 aromatic heterocycles. The molecule has 1 aliphatic rings. The van der Waals surface area contributed by atoms with E-state index in [-0.39, 0.29) is 6.04 Å². The summed E-state index contributed by atoms with van der Waals surface area (Å²) in [4.78, 5) is 17.7. The standard InChI is InChI=1S/C20H31F2N5O2/c1-20(2,3)29-19(28)25-10-5-9-24-18(23-4)26-15-8-11-27(13-15)17-7-6-14(21)12-16(17)22/h6-7,12,15H,5,8-11,13H2,1-4H3,(H,25,28)(H2,23,24,26). The van der Waals surface area contributed by atoms with E-state index in [4.69, 9.17) is 4.74 Å². The normalized spacial score (nSPS) is 17.2. The van der Waals surface area contributed by atoms with Crippen molar-refractivity contribution in [1.29, 1.82) is 0 Å². The Hall–Kier alpha value is -2.58. The Labute approximate surface area is 170 Å². The Bertz CT molecular complexity index is 721. The summed E-state index contributed by atoms with van der Waals surface area (Å²) < 4.78 is 32.2. The van der Waals surface area contributed by atoms with Crippen LogP contribution in [-0.4, -0.2) is 56.9 Å². The number of benzene rings is 1. The summed E-state index contributed by atoms with van der Waals surface area (Å²) >= 11 is 0. The molecule has 3 N–H and O–H groups in total. The lowest BCUT2D eigenvalue weighted by Gasteiger charge is -2.21. The average molecular weight is 411 g/mol. The van der Waals surface area contributed by atoms with Gasteiger partial charge in [-0.2, -0.15) is 0 Å². The summed E-state index contributed by atoms with van der Waals surface area (Å²) in [5, 5.41) is 9.22. The van der Waals surface area contributed by atoms with E-state index in [2.05, 4.69) is 20.9 Å². The van der Waals surface area contributed by atoms with E-state index < -0.39 is 23.3 Å². The third kappa shape index (κ3) is 7.75. The van der Waals surface area contributed by atoms with Crippen LogP contribution in [-0.2, 0) is 4.74 Å². The zero-order chi connectivity index (χ0) is 21.4. The van der Waals surface area contributed by atoms with Crippen LogP contribution in [0.15, 0.2) is 23.2 Å². The van der Waals surface area contributed by atoms with Crippen molar-refractivity contribution in [3.63, 3.8) is 0 Å². The second-order valence-corrected chi connectivity index (χ2v) is 7.95. The van der Waals surface area contributed by atoms with Gasteiger partial charge in [0, 0.05) is 45.3 Å². The van der Waals surface area contributed by atoms with Crippen molar-refractivity contribution in [3.8, 4) is 0 Å². The third-order valence-corrected chi connectivity index (χ3v) is 4.32. The van der Waals surface area contributed by atoms with Gasteiger partial charge in [-0.1, -0.05) is 0 Å². The molecular formula is C20H31F2N5O2. The van der Waals surface area contributed by atoms with E-state index in [0.29, 0.717) is 44.2 Å². The highest BCUT2D eigenvalue weighted by Crippen LogP contribution is 2.24. The van der Waals surface area contributed by atoms with Crippen LogP contribution in [0.2, 0.25) is 0 Å². The van der Waals surface area contributed by atoms with Crippen molar-refractivity contribution in [1.82, 2.24) is 16.0 Å². The number of aliphatic imine (C=N–C) groups is 1. The molecule has 1 aliphatic heterocycles. The molecule has 1 amide bonds. The largest absolute Gasteiger partial charge is 0.444 e. The second kappa shape index (κ2) is 10.3. The fourth-order valence-corrected chi connectivity index (χ4v) is 3.02. The number of amides is 1. The Morgan fingerprint density at radius 3 is 2.66 bits per heavy atom. The minimum atomic E-state index is -0.578. The Morgan fingerprint density at radius 2 is 2.00 bits per heavy atom. The summed E-state index contributed by atoms with van der Waals surface area (Å²) in [6, 6.07) is 3.75. The third-order valence-electron chi connectivity index (χ3n) is 4.32. The van der Waals surface area contributed by atoms with Crippen LogP contribution in [0.5, 0.6) is 0 Å². The molecule has 7 nitrogen and oxygen atoms in total. The smallest absolute Gasteiger partial charge is 0.407 e. The average Bonchev–Trinajstić information content (AvgIpc) is 3.07. The maximum atomic E-state index is 14.0. The predicted octanol–water partition coefficient (Wildman–Crippen LogP) is 2.62. The second-order valence-electron chi connectivity index (χ2n) is 7.95. The molecule has 1 aromatic rings. The summed E-state index contributed by atoms with van der Waals surface area (Å²) in [6.45, 7) is 7.84. The highest BCUT2D eigenvalue weighted by atomic mass is 19.1. The highest BCUT2D eigenvalue weighted by molar-refractivity contribution is 5.80. The Kier molecular flexibility index (Phi) is 8.04. The lowest BCUT2D eigenvalue weighted by Crippen LogP contribution is -2.45. The molecule has 162 valence electrons. The van der Waals surface area contributed by atoms with Gasteiger partial charge >= 0.3 is 6.09 Å². The number of guanidine groups is 1. The lowest BCUT2D eigenvalue weighted by atomic mass is 10.2. The maximum absolute atomic E-state index is 14.0. The maximum Gasteiger partial charge on any atom is 0.407 e. The van der Waals surface area contributed by atoms with Crippen LogP contribution in [0.3, 0.4) is 0 Å². The molecule has 1 aromatic carbocycles. The van der Waals surface area contributed by atoms with Crippen molar-refractivity contribution in [2.75, 3.05) is 38.1 Å². The number of hydrogen-bond acceptors (Lipinski definition) is 4. The van der Waals surface area contributed by atoms with Gasteiger partial charge in [0.2, 0.25) is 0 Å². The fourth-order valence-electron chi connectivity index (χ4n) is 3.02. The first-order valence-corrected chi connectivity index (χ1v) is 9.82. The van der Waals surface area contributed by atoms with Crippen molar-refractivity contribution in [3.05, 3.63) is 29.8 Å². The molecule has 1 unspecified atom stereocenters. The van der Waals surface area contributed by atoms with Gasteiger partial charge in [-0.05, 0) is 45.7 Å². The Balaban J connectivity index is 1.69. The first kappa shape index (κ1) is 22.7. The molecule has 29 heavy (non-hydrogen) atoms. The van der Waals surface area contributed by atoms with Crippen LogP contribution in [0.25, 0.3) is 0 Å². The van der Waals surface area contributed by atoms with Gasteiger partial charge in [0.15, 0.2) is 5.96 Å². The zero-order valence-electron chi connectivity index (χ0n) is 17.5. The number of carbonyl (C=O) groups excluding carboxylic acids is 1. The number of halogens is 2. The SMILES string of the molecule is CN=C(NCCCNC(=O)OC(C)(C)C)NC1CCN(c2ccc(F)cc2F)C1.